The van der Waals surface area contributed by atoms with Crippen molar-refractivity contribution >= 4 is 16.6 Å². The number of H-pyrrole nitrogens is 2. The first-order valence-electron chi connectivity index (χ1n) is 10.0. The van der Waals surface area contributed by atoms with Crippen LogP contribution in [0.4, 0.5) is 4.39 Å². The third-order valence-electron chi connectivity index (χ3n) is 5.62. The van der Waals surface area contributed by atoms with Crippen LogP contribution in [0.5, 0.6) is 0 Å². The first kappa shape index (κ1) is 17.7. The molecule has 1 aliphatic rings. The Labute approximate surface area is 176 Å². The molecule has 1 aromatic carbocycles. The Morgan fingerprint density at radius 1 is 0.968 bits per heavy atom. The summed E-state index contributed by atoms with van der Waals surface area (Å²) in [5.41, 5.74) is 7.71. The molecule has 6 nitrogen and oxygen atoms in total. The molecule has 0 aliphatic carbocycles. The molecule has 6 rings (SSSR count). The van der Waals surface area contributed by atoms with Crippen LogP contribution >= 0.6 is 0 Å². The van der Waals surface area contributed by atoms with E-state index in [1.165, 1.54) is 6.07 Å². The molecule has 0 saturated heterocycles. The Morgan fingerprint density at radius 2 is 1.90 bits per heavy atom. The summed E-state index contributed by atoms with van der Waals surface area (Å²) in [5.74, 6) is -0.290. The minimum Gasteiger partial charge on any atom is -0.353 e. The second-order valence-electron chi connectivity index (χ2n) is 7.48. The second kappa shape index (κ2) is 6.98. The van der Waals surface area contributed by atoms with Crippen molar-refractivity contribution < 1.29 is 4.39 Å². The summed E-state index contributed by atoms with van der Waals surface area (Å²) in [6, 6.07) is 12.7. The molecule has 0 amide bonds. The minimum atomic E-state index is -0.290. The maximum atomic E-state index is 14.5. The van der Waals surface area contributed by atoms with Crippen molar-refractivity contribution in [3.63, 3.8) is 0 Å². The van der Waals surface area contributed by atoms with Gasteiger partial charge in [-0.1, -0.05) is 12.1 Å². The van der Waals surface area contributed by atoms with Crippen LogP contribution in [-0.4, -0.2) is 37.4 Å². The van der Waals surface area contributed by atoms with Gasteiger partial charge >= 0.3 is 0 Å². The van der Waals surface area contributed by atoms with Gasteiger partial charge in [-0.2, -0.15) is 5.10 Å². The predicted octanol–water partition coefficient (Wildman–Crippen LogP) is 4.55. The Kier molecular flexibility index (Phi) is 3.99. The van der Waals surface area contributed by atoms with Gasteiger partial charge in [-0.15, -0.1) is 0 Å². The molecule has 0 radical (unpaired) electrons. The molecular formula is C24H17FN6. The lowest BCUT2D eigenvalue weighted by Gasteiger charge is -2.16. The van der Waals surface area contributed by atoms with Gasteiger partial charge in [0.1, 0.15) is 5.82 Å². The number of nitrogens with one attached hydrogen (secondary N) is 2. The molecule has 0 atom stereocenters. The number of pyridine rings is 2. The molecule has 0 spiro atoms. The zero-order chi connectivity index (χ0) is 20.8. The predicted molar refractivity (Wildman–Crippen MR) is 118 cm³/mol. The van der Waals surface area contributed by atoms with Crippen LogP contribution in [0, 0.1) is 5.82 Å². The highest BCUT2D eigenvalue weighted by atomic mass is 19.1. The van der Waals surface area contributed by atoms with E-state index in [0.717, 1.165) is 51.1 Å². The summed E-state index contributed by atoms with van der Waals surface area (Å²) >= 11 is 0. The third kappa shape index (κ3) is 2.93. The molecule has 0 bridgehead atoms. The zero-order valence-corrected chi connectivity index (χ0v) is 16.4. The average Bonchev–Trinajstić information content (AvgIpc) is 3.49. The number of rotatable bonds is 3. The Balaban J connectivity index is 1.50. The van der Waals surface area contributed by atoms with Crippen LogP contribution in [0.25, 0.3) is 33.4 Å². The molecular weight excluding hydrogens is 391 g/mol. The van der Waals surface area contributed by atoms with Crippen molar-refractivity contribution in [1.29, 1.82) is 0 Å². The van der Waals surface area contributed by atoms with Crippen LogP contribution in [-0.2, 0) is 6.42 Å². The van der Waals surface area contributed by atoms with Crippen molar-refractivity contribution in [2.75, 3.05) is 6.54 Å². The van der Waals surface area contributed by atoms with Crippen LogP contribution in [0.15, 0.2) is 72.2 Å². The lowest BCUT2D eigenvalue weighted by Crippen LogP contribution is -2.15. The fourth-order valence-corrected chi connectivity index (χ4v) is 4.11. The quantitative estimate of drug-likeness (QED) is 0.460. The normalized spacial score (nSPS) is 13.3. The van der Waals surface area contributed by atoms with Gasteiger partial charge in [0.15, 0.2) is 0 Å². The molecule has 31 heavy (non-hydrogen) atoms. The number of hydrogen-bond donors (Lipinski definition) is 2. The number of aliphatic imine (C=N–C) groups is 1. The van der Waals surface area contributed by atoms with E-state index in [1.54, 1.807) is 24.5 Å². The Hall–Kier alpha value is -4.13. The van der Waals surface area contributed by atoms with Crippen LogP contribution in [0.2, 0.25) is 0 Å². The first-order chi connectivity index (χ1) is 15.3. The fraction of sp³-hybridized carbons (Fsp3) is 0.0833. The lowest BCUT2D eigenvalue weighted by atomic mass is 9.96. The molecule has 150 valence electrons. The zero-order valence-electron chi connectivity index (χ0n) is 16.4. The molecule has 0 saturated carbocycles. The number of benzene rings is 1. The van der Waals surface area contributed by atoms with Gasteiger partial charge in [0.25, 0.3) is 0 Å². The van der Waals surface area contributed by atoms with E-state index in [9.17, 15) is 4.39 Å². The largest absolute Gasteiger partial charge is 0.353 e. The molecule has 0 fully saturated rings. The maximum absolute atomic E-state index is 14.5. The molecule has 7 heteroatoms. The van der Waals surface area contributed by atoms with Gasteiger partial charge in [-0.3, -0.25) is 20.1 Å². The second-order valence-corrected chi connectivity index (χ2v) is 7.48. The smallest absolute Gasteiger partial charge is 0.132 e. The highest BCUT2D eigenvalue weighted by Crippen LogP contribution is 2.31. The number of fused-ring (bicyclic) bond motifs is 2. The van der Waals surface area contributed by atoms with Gasteiger partial charge < -0.3 is 4.98 Å². The number of aromatic nitrogens is 5. The molecule has 1 aliphatic heterocycles. The third-order valence-corrected chi connectivity index (χ3v) is 5.62. The average molecular weight is 408 g/mol. The van der Waals surface area contributed by atoms with Gasteiger partial charge in [0.2, 0.25) is 0 Å². The van der Waals surface area contributed by atoms with Crippen molar-refractivity contribution in [2.45, 2.75) is 6.42 Å². The topological polar surface area (TPSA) is 82.6 Å². The van der Waals surface area contributed by atoms with Crippen molar-refractivity contribution in [3.8, 4) is 22.5 Å². The van der Waals surface area contributed by atoms with Gasteiger partial charge in [0.05, 0.1) is 29.0 Å². The molecule has 0 unspecified atom stereocenters. The minimum absolute atomic E-state index is 0.290. The van der Waals surface area contributed by atoms with Crippen LogP contribution < -0.4 is 0 Å². The lowest BCUT2D eigenvalue weighted by molar-refractivity contribution is 0.631. The summed E-state index contributed by atoms with van der Waals surface area (Å²) in [5, 5.41) is 7.72. The monoisotopic (exact) mass is 408 g/mol. The summed E-state index contributed by atoms with van der Waals surface area (Å²) in [6.07, 6.45) is 8.04. The summed E-state index contributed by atoms with van der Waals surface area (Å²) in [6.45, 7) is 0.697. The van der Waals surface area contributed by atoms with Gasteiger partial charge in [-0.25, -0.2) is 4.39 Å². The highest BCUT2D eigenvalue weighted by molar-refractivity contribution is 6.16. The number of halogens is 1. The van der Waals surface area contributed by atoms with Gasteiger partial charge in [0, 0.05) is 52.7 Å². The molecule has 5 heterocycles. The Bertz CT molecular complexity index is 1450. The Morgan fingerprint density at radius 3 is 2.77 bits per heavy atom. The SMILES string of the molecule is Fc1ccccc1-c1nccc2[nH]c(C3=NCCc4cnc(-c5cn[nH]c5)cc43)cc12. The molecule has 2 N–H and O–H groups in total. The van der Waals surface area contributed by atoms with Crippen LogP contribution in [0.3, 0.4) is 0 Å². The number of nitrogens with zero attached hydrogens (tertiary/aromatic N) is 4. The van der Waals surface area contributed by atoms with E-state index < -0.39 is 0 Å². The fourth-order valence-electron chi connectivity index (χ4n) is 4.11. The van der Waals surface area contributed by atoms with E-state index in [1.807, 2.05) is 30.6 Å². The number of hydrogen-bond acceptors (Lipinski definition) is 4. The van der Waals surface area contributed by atoms with E-state index in [4.69, 9.17) is 4.99 Å². The van der Waals surface area contributed by atoms with Crippen molar-refractivity contribution in [1.82, 2.24) is 25.1 Å². The summed E-state index contributed by atoms with van der Waals surface area (Å²) in [7, 11) is 0. The number of aromatic amines is 2. The van der Waals surface area contributed by atoms with Gasteiger partial charge in [-0.05, 0) is 42.3 Å². The first-order valence-corrected chi connectivity index (χ1v) is 10.0. The van der Waals surface area contributed by atoms with E-state index in [2.05, 4.69) is 31.2 Å². The standard InChI is InChI=1S/C24H17FN6/c25-19-4-2-1-3-16(19)23-18-10-22(31-20(18)6-8-26-23)24-17-9-21(15-12-29-30-13-15)28-11-14(17)5-7-27-24/h1-4,6,8-13,31H,5,7H2,(H,29,30). The highest BCUT2D eigenvalue weighted by Gasteiger charge is 2.21. The van der Waals surface area contributed by atoms with Crippen LogP contribution in [0.1, 0.15) is 16.8 Å². The van der Waals surface area contributed by atoms with E-state index in [0.29, 0.717) is 17.8 Å². The van der Waals surface area contributed by atoms with E-state index >= 15 is 0 Å². The maximum Gasteiger partial charge on any atom is 0.132 e. The molecule has 4 aromatic heterocycles. The van der Waals surface area contributed by atoms with Crippen molar-refractivity contribution in [3.05, 3.63) is 89.9 Å². The molecule has 5 aromatic rings. The van der Waals surface area contributed by atoms with Crippen molar-refractivity contribution in [2.24, 2.45) is 4.99 Å². The summed E-state index contributed by atoms with van der Waals surface area (Å²) in [4.78, 5) is 17.3. The summed E-state index contributed by atoms with van der Waals surface area (Å²) < 4.78 is 14.5. The van der Waals surface area contributed by atoms with E-state index in [-0.39, 0.29) is 5.82 Å².